The lowest BCUT2D eigenvalue weighted by Crippen LogP contribution is -2.53. The summed E-state index contributed by atoms with van der Waals surface area (Å²) in [4.78, 5) is 36.5. The molecule has 8 heteroatoms. The van der Waals surface area contributed by atoms with Crippen LogP contribution in [0.2, 0.25) is 0 Å². The number of carboxylic acids is 1. The normalized spacial score (nSPS) is 13.8. The number of carbonyl (C=O) groups is 3. The highest BCUT2D eigenvalue weighted by molar-refractivity contribution is 5.86. The van der Waals surface area contributed by atoms with E-state index >= 15 is 0 Å². The van der Waals surface area contributed by atoms with Crippen molar-refractivity contribution in [2.75, 3.05) is 13.2 Å². The van der Waals surface area contributed by atoms with Gasteiger partial charge in [0, 0.05) is 18.5 Å². The van der Waals surface area contributed by atoms with Crippen LogP contribution >= 0.6 is 0 Å². The lowest BCUT2D eigenvalue weighted by atomic mass is 9.98. The minimum Gasteiger partial charge on any atom is -0.478 e. The number of ether oxygens (including phenoxy) is 2. The molecule has 0 saturated heterocycles. The maximum absolute atomic E-state index is 12.9. The fourth-order valence-corrected chi connectivity index (χ4v) is 4.49. The van der Waals surface area contributed by atoms with Gasteiger partial charge in [-0.05, 0) is 34.7 Å². The van der Waals surface area contributed by atoms with Gasteiger partial charge in [0.1, 0.15) is 12.6 Å². The summed E-state index contributed by atoms with van der Waals surface area (Å²) in [5.74, 6) is -1.76. The van der Waals surface area contributed by atoms with Crippen molar-refractivity contribution in [3.63, 3.8) is 0 Å². The monoisotopic (exact) mass is 514 g/mol. The Morgan fingerprint density at radius 1 is 0.921 bits per heavy atom. The highest BCUT2D eigenvalue weighted by atomic mass is 16.5. The van der Waals surface area contributed by atoms with Gasteiger partial charge in [-0.2, -0.15) is 0 Å². The second-order valence-corrected chi connectivity index (χ2v) is 8.94. The van der Waals surface area contributed by atoms with E-state index < -0.39 is 30.1 Å². The van der Waals surface area contributed by atoms with Gasteiger partial charge in [-0.3, -0.25) is 4.79 Å². The largest absolute Gasteiger partial charge is 0.478 e. The lowest BCUT2D eigenvalue weighted by molar-refractivity contribution is -0.131. The first-order chi connectivity index (χ1) is 18.4. The van der Waals surface area contributed by atoms with Gasteiger partial charge in [0.25, 0.3) is 0 Å². The number of amides is 2. The van der Waals surface area contributed by atoms with Crippen molar-refractivity contribution < 1.29 is 29.0 Å². The molecule has 1 aliphatic rings. The van der Waals surface area contributed by atoms with Gasteiger partial charge < -0.3 is 25.2 Å². The predicted molar refractivity (Wildman–Crippen MR) is 142 cm³/mol. The van der Waals surface area contributed by atoms with Crippen LogP contribution in [0.1, 0.15) is 29.5 Å². The maximum atomic E-state index is 12.9. The van der Waals surface area contributed by atoms with E-state index in [-0.39, 0.29) is 25.7 Å². The Bertz CT molecular complexity index is 1260. The van der Waals surface area contributed by atoms with Gasteiger partial charge in [0.05, 0.1) is 12.7 Å². The number of fused-ring (bicyclic) bond motifs is 3. The maximum Gasteiger partial charge on any atom is 0.407 e. The second kappa shape index (κ2) is 12.7. The van der Waals surface area contributed by atoms with Crippen LogP contribution in [0.4, 0.5) is 4.79 Å². The third kappa shape index (κ3) is 6.66. The second-order valence-electron chi connectivity index (χ2n) is 8.94. The van der Waals surface area contributed by atoms with E-state index in [2.05, 4.69) is 22.8 Å². The Kier molecular flexibility index (Phi) is 8.89. The summed E-state index contributed by atoms with van der Waals surface area (Å²) in [5.41, 5.74) is 5.32. The molecule has 2 atom stereocenters. The molecule has 0 aliphatic heterocycles. The van der Waals surface area contributed by atoms with Gasteiger partial charge in [0.2, 0.25) is 5.91 Å². The van der Waals surface area contributed by atoms with Crippen LogP contribution < -0.4 is 10.6 Å². The molecule has 3 N–H and O–H groups in total. The van der Waals surface area contributed by atoms with Gasteiger partial charge in [-0.25, -0.2) is 9.59 Å². The van der Waals surface area contributed by atoms with Crippen molar-refractivity contribution in [1.82, 2.24) is 10.6 Å². The van der Waals surface area contributed by atoms with Gasteiger partial charge >= 0.3 is 12.1 Å². The highest BCUT2D eigenvalue weighted by Crippen LogP contribution is 2.44. The standard InChI is InChI=1S/C30H30N2O6/c1-20(37-18-21-10-3-2-4-11-21)28(29(35)31-17-9-16-27(33)34)32-30(36)38-19-26-24-14-7-5-12-22(24)23-13-6-8-15-25(23)26/h2-16,20,26,28H,17-19H2,1H3,(H,31,35)(H,32,36)(H,33,34)/b16-9+/t20-,28+/m0/s1. The molecule has 0 saturated carbocycles. The van der Waals surface area contributed by atoms with E-state index in [0.29, 0.717) is 0 Å². The SMILES string of the molecule is C[C@H](OCc1ccccc1)[C@@H](NC(=O)OCC1c2ccccc2-c2ccccc21)C(=O)NC/C=C/C(=O)O. The molecule has 38 heavy (non-hydrogen) atoms. The first kappa shape index (κ1) is 26.6. The zero-order valence-corrected chi connectivity index (χ0v) is 21.0. The van der Waals surface area contributed by atoms with Crippen molar-refractivity contribution in [2.24, 2.45) is 0 Å². The highest BCUT2D eigenvalue weighted by Gasteiger charge is 2.31. The molecule has 4 rings (SSSR count). The molecule has 8 nitrogen and oxygen atoms in total. The number of benzene rings is 3. The zero-order chi connectivity index (χ0) is 26.9. The number of rotatable bonds is 11. The van der Waals surface area contributed by atoms with E-state index in [1.54, 1.807) is 6.92 Å². The minimum atomic E-state index is -1.12. The first-order valence-corrected chi connectivity index (χ1v) is 12.4. The average Bonchev–Trinajstić information content (AvgIpc) is 3.25. The fraction of sp³-hybridized carbons (Fsp3) is 0.233. The van der Waals surface area contributed by atoms with Crippen LogP contribution in [-0.4, -0.2) is 48.4 Å². The summed E-state index contributed by atoms with van der Waals surface area (Å²) < 4.78 is 11.5. The molecule has 0 fully saturated rings. The minimum absolute atomic E-state index is 0.0145. The van der Waals surface area contributed by atoms with Crippen molar-refractivity contribution >= 4 is 18.0 Å². The molecule has 196 valence electrons. The third-order valence-corrected chi connectivity index (χ3v) is 6.38. The Morgan fingerprint density at radius 2 is 1.53 bits per heavy atom. The van der Waals surface area contributed by atoms with Crippen LogP contribution in [0.15, 0.2) is 91.0 Å². The predicted octanol–water partition coefficient (Wildman–Crippen LogP) is 4.26. The molecule has 0 unspecified atom stereocenters. The van der Waals surface area contributed by atoms with Gasteiger partial charge in [0.15, 0.2) is 0 Å². The third-order valence-electron chi connectivity index (χ3n) is 6.38. The van der Waals surface area contributed by atoms with Crippen LogP contribution in [-0.2, 0) is 25.7 Å². The molecular weight excluding hydrogens is 484 g/mol. The molecular formula is C30H30N2O6. The van der Waals surface area contributed by atoms with Crippen LogP contribution in [0.5, 0.6) is 0 Å². The van der Waals surface area contributed by atoms with Crippen molar-refractivity contribution in [3.8, 4) is 11.1 Å². The Morgan fingerprint density at radius 3 is 2.16 bits per heavy atom. The van der Waals surface area contributed by atoms with E-state index in [1.165, 1.54) is 6.08 Å². The average molecular weight is 515 g/mol. The number of carboxylic acid groups (broad SMARTS) is 1. The number of aliphatic carboxylic acids is 1. The van der Waals surface area contributed by atoms with Crippen molar-refractivity contribution in [1.29, 1.82) is 0 Å². The zero-order valence-electron chi connectivity index (χ0n) is 21.0. The molecule has 3 aromatic carbocycles. The summed E-state index contributed by atoms with van der Waals surface area (Å²) in [6, 6.07) is 24.5. The Hall–Kier alpha value is -4.43. The van der Waals surface area contributed by atoms with E-state index in [1.807, 2.05) is 66.7 Å². The number of hydrogen-bond donors (Lipinski definition) is 3. The number of carbonyl (C=O) groups excluding carboxylic acids is 2. The summed E-state index contributed by atoms with van der Waals surface area (Å²) in [6.07, 6.45) is 0.798. The summed E-state index contributed by atoms with van der Waals surface area (Å²) in [6.45, 7) is 2.02. The molecule has 2 amide bonds. The number of nitrogens with one attached hydrogen (secondary N) is 2. The number of hydrogen-bond acceptors (Lipinski definition) is 5. The molecule has 3 aromatic rings. The van der Waals surface area contributed by atoms with Gasteiger partial charge in [-0.15, -0.1) is 0 Å². The summed E-state index contributed by atoms with van der Waals surface area (Å²) in [7, 11) is 0. The molecule has 1 aliphatic carbocycles. The molecule has 0 aromatic heterocycles. The summed E-state index contributed by atoms with van der Waals surface area (Å²) >= 11 is 0. The Balaban J connectivity index is 1.41. The topological polar surface area (TPSA) is 114 Å². The quantitative estimate of drug-likeness (QED) is 0.330. The van der Waals surface area contributed by atoms with Crippen molar-refractivity contribution in [2.45, 2.75) is 31.6 Å². The summed E-state index contributed by atoms with van der Waals surface area (Å²) in [5, 5.41) is 14.0. The first-order valence-electron chi connectivity index (χ1n) is 12.4. The smallest absolute Gasteiger partial charge is 0.407 e. The molecule has 0 radical (unpaired) electrons. The van der Waals surface area contributed by atoms with E-state index in [4.69, 9.17) is 14.6 Å². The van der Waals surface area contributed by atoms with E-state index in [0.717, 1.165) is 33.9 Å². The van der Waals surface area contributed by atoms with E-state index in [9.17, 15) is 14.4 Å². The van der Waals surface area contributed by atoms with Crippen LogP contribution in [0.25, 0.3) is 11.1 Å². The Labute approximate surface area is 221 Å². The molecule has 0 heterocycles. The van der Waals surface area contributed by atoms with Gasteiger partial charge in [-0.1, -0.05) is 84.9 Å². The van der Waals surface area contributed by atoms with Crippen LogP contribution in [0.3, 0.4) is 0 Å². The molecule has 0 bridgehead atoms. The van der Waals surface area contributed by atoms with Crippen LogP contribution in [0, 0.1) is 0 Å². The lowest BCUT2D eigenvalue weighted by Gasteiger charge is -2.25. The van der Waals surface area contributed by atoms with Crippen molar-refractivity contribution in [3.05, 3.63) is 108 Å². The fourth-order valence-electron chi connectivity index (χ4n) is 4.49. The number of alkyl carbamates (subject to hydrolysis) is 1. The molecule has 0 spiro atoms.